The molecule has 18 heavy (non-hydrogen) atoms. The van der Waals surface area contributed by atoms with Crippen LogP contribution >= 0.6 is 12.2 Å². The molecular formula is C11H23N3O2S2. The van der Waals surface area contributed by atoms with Crippen LogP contribution in [0.25, 0.3) is 0 Å². The number of nitrogens with one attached hydrogen (secondary N) is 1. The van der Waals surface area contributed by atoms with Crippen molar-refractivity contribution in [3.63, 3.8) is 0 Å². The number of rotatable bonds is 6. The highest BCUT2D eigenvalue weighted by Crippen LogP contribution is 2.18. The Bertz CT molecular complexity index is 384. The molecular weight excluding hydrogens is 270 g/mol. The van der Waals surface area contributed by atoms with E-state index in [1.54, 1.807) is 0 Å². The van der Waals surface area contributed by atoms with Crippen LogP contribution in [0.15, 0.2) is 0 Å². The minimum atomic E-state index is -3.41. The highest BCUT2D eigenvalue weighted by Gasteiger charge is 2.28. The smallest absolute Gasteiger partial charge is 0.279 e. The molecule has 7 heteroatoms. The molecule has 1 fully saturated rings. The van der Waals surface area contributed by atoms with Crippen molar-refractivity contribution in [2.75, 3.05) is 13.1 Å². The summed E-state index contributed by atoms with van der Waals surface area (Å²) in [6.45, 7) is 5.19. The fourth-order valence-electron chi connectivity index (χ4n) is 2.16. The molecule has 1 heterocycles. The lowest BCUT2D eigenvalue weighted by Crippen LogP contribution is -2.49. The van der Waals surface area contributed by atoms with Crippen LogP contribution in [0.4, 0.5) is 0 Å². The summed E-state index contributed by atoms with van der Waals surface area (Å²) in [6, 6.07) is -0.204. The molecule has 0 amide bonds. The minimum Gasteiger partial charge on any atom is -0.393 e. The predicted octanol–water partition coefficient (Wildman–Crippen LogP) is 1.01. The number of thiocarbonyl (C=S) groups is 1. The molecule has 2 unspecified atom stereocenters. The molecule has 0 aromatic carbocycles. The van der Waals surface area contributed by atoms with Gasteiger partial charge in [0.25, 0.3) is 10.2 Å². The number of nitrogens with zero attached hydrogens (tertiary/aromatic N) is 1. The summed E-state index contributed by atoms with van der Waals surface area (Å²) >= 11 is 4.83. The largest absolute Gasteiger partial charge is 0.393 e. The lowest BCUT2D eigenvalue weighted by atomic mass is 10.0. The van der Waals surface area contributed by atoms with Crippen molar-refractivity contribution in [3.05, 3.63) is 0 Å². The van der Waals surface area contributed by atoms with Crippen molar-refractivity contribution in [3.8, 4) is 0 Å². The van der Waals surface area contributed by atoms with E-state index >= 15 is 0 Å². The number of piperidine rings is 1. The van der Waals surface area contributed by atoms with Crippen LogP contribution in [0, 0.1) is 5.92 Å². The molecule has 0 aromatic rings. The Morgan fingerprint density at radius 3 is 2.78 bits per heavy atom. The third-order valence-corrected chi connectivity index (χ3v) is 5.02. The van der Waals surface area contributed by atoms with Gasteiger partial charge in [0.1, 0.15) is 0 Å². The Kier molecular flexibility index (Phi) is 5.97. The first-order chi connectivity index (χ1) is 8.35. The Morgan fingerprint density at radius 2 is 2.28 bits per heavy atom. The van der Waals surface area contributed by atoms with E-state index in [0.717, 1.165) is 12.8 Å². The van der Waals surface area contributed by atoms with Gasteiger partial charge in [-0.1, -0.05) is 26.1 Å². The van der Waals surface area contributed by atoms with Crippen molar-refractivity contribution >= 4 is 27.4 Å². The first kappa shape index (κ1) is 15.8. The van der Waals surface area contributed by atoms with Crippen LogP contribution in [0.2, 0.25) is 0 Å². The molecule has 1 saturated heterocycles. The van der Waals surface area contributed by atoms with Crippen LogP contribution in [0.1, 0.15) is 39.5 Å². The van der Waals surface area contributed by atoms with Crippen molar-refractivity contribution in [1.29, 1.82) is 0 Å². The maximum Gasteiger partial charge on any atom is 0.279 e. The molecule has 1 aliphatic rings. The van der Waals surface area contributed by atoms with Crippen LogP contribution in [0.3, 0.4) is 0 Å². The molecule has 5 nitrogen and oxygen atoms in total. The van der Waals surface area contributed by atoms with E-state index < -0.39 is 10.2 Å². The zero-order valence-electron chi connectivity index (χ0n) is 11.1. The Balaban J connectivity index is 2.64. The first-order valence-electron chi connectivity index (χ1n) is 6.40. The van der Waals surface area contributed by atoms with Crippen LogP contribution < -0.4 is 10.5 Å². The monoisotopic (exact) mass is 293 g/mol. The van der Waals surface area contributed by atoms with Crippen LogP contribution in [0.5, 0.6) is 0 Å². The molecule has 106 valence electrons. The molecule has 0 aliphatic carbocycles. The van der Waals surface area contributed by atoms with Gasteiger partial charge in [0.2, 0.25) is 0 Å². The molecule has 3 N–H and O–H groups in total. The van der Waals surface area contributed by atoms with E-state index in [-0.39, 0.29) is 6.04 Å². The zero-order chi connectivity index (χ0) is 13.8. The maximum atomic E-state index is 12.2. The van der Waals surface area contributed by atoms with Crippen molar-refractivity contribution in [2.45, 2.75) is 45.6 Å². The van der Waals surface area contributed by atoms with Gasteiger partial charge < -0.3 is 5.73 Å². The summed E-state index contributed by atoms with van der Waals surface area (Å²) in [6.07, 6.45) is 3.11. The van der Waals surface area contributed by atoms with Crippen molar-refractivity contribution in [2.24, 2.45) is 11.7 Å². The van der Waals surface area contributed by atoms with Gasteiger partial charge in [-0.25, -0.2) is 0 Å². The Labute approximate surface area is 115 Å². The summed E-state index contributed by atoms with van der Waals surface area (Å²) in [5.74, 6) is 0.422. The summed E-state index contributed by atoms with van der Waals surface area (Å²) < 4.78 is 28.7. The molecule has 0 spiro atoms. The van der Waals surface area contributed by atoms with Crippen molar-refractivity contribution < 1.29 is 8.42 Å². The normalized spacial score (nSPS) is 23.8. The summed E-state index contributed by atoms with van der Waals surface area (Å²) in [5.41, 5.74) is 5.47. The van der Waals surface area contributed by atoms with E-state index in [1.807, 2.05) is 6.92 Å². The molecule has 0 radical (unpaired) electrons. The quantitative estimate of drug-likeness (QED) is 0.717. The molecule has 1 aliphatic heterocycles. The van der Waals surface area contributed by atoms with E-state index in [2.05, 4.69) is 11.6 Å². The van der Waals surface area contributed by atoms with Crippen LogP contribution in [-0.2, 0) is 10.2 Å². The van der Waals surface area contributed by atoms with Crippen molar-refractivity contribution in [1.82, 2.24) is 9.03 Å². The third-order valence-electron chi connectivity index (χ3n) is 3.22. The highest BCUT2D eigenvalue weighted by molar-refractivity contribution is 7.87. The fraction of sp³-hybridized carbons (Fsp3) is 0.909. The van der Waals surface area contributed by atoms with Gasteiger partial charge in [-0.2, -0.15) is 17.4 Å². The second-order valence-electron chi connectivity index (χ2n) is 5.00. The summed E-state index contributed by atoms with van der Waals surface area (Å²) in [4.78, 5) is 0.344. The number of hydrogen-bond donors (Lipinski definition) is 2. The molecule has 0 bridgehead atoms. The standard InChI is InChI=1S/C11H23N3O2S2/c1-3-10(7-11(12)17)13-18(15,16)14-6-4-5-9(2)8-14/h9-10,13H,3-8H2,1-2H3,(H2,12,17). The van der Waals surface area contributed by atoms with E-state index in [1.165, 1.54) is 4.31 Å². The molecule has 0 saturated carbocycles. The van der Waals surface area contributed by atoms with Gasteiger partial charge in [0.15, 0.2) is 0 Å². The SMILES string of the molecule is CCC(CC(N)=S)NS(=O)(=O)N1CCCC(C)C1. The van der Waals surface area contributed by atoms with Gasteiger partial charge in [-0.15, -0.1) is 0 Å². The van der Waals surface area contributed by atoms with Gasteiger partial charge >= 0.3 is 0 Å². The average Bonchev–Trinajstić information content (AvgIpc) is 2.27. The third kappa shape index (κ3) is 4.79. The molecule has 1 rings (SSSR count). The summed E-state index contributed by atoms with van der Waals surface area (Å²) in [5, 5.41) is 0. The molecule has 2 atom stereocenters. The number of hydrogen-bond acceptors (Lipinski definition) is 3. The van der Waals surface area contributed by atoms with Gasteiger partial charge in [0.05, 0.1) is 4.99 Å². The zero-order valence-corrected chi connectivity index (χ0v) is 12.7. The Morgan fingerprint density at radius 1 is 1.61 bits per heavy atom. The Hall–Kier alpha value is -0.240. The van der Waals surface area contributed by atoms with Gasteiger partial charge in [-0.05, 0) is 25.2 Å². The fourth-order valence-corrected chi connectivity index (χ4v) is 4.00. The van der Waals surface area contributed by atoms with E-state index in [0.29, 0.717) is 36.8 Å². The second kappa shape index (κ2) is 6.79. The minimum absolute atomic E-state index is 0.204. The topological polar surface area (TPSA) is 75.4 Å². The average molecular weight is 293 g/mol. The van der Waals surface area contributed by atoms with E-state index in [9.17, 15) is 8.42 Å². The lowest BCUT2D eigenvalue weighted by Gasteiger charge is -2.31. The summed E-state index contributed by atoms with van der Waals surface area (Å²) in [7, 11) is -3.41. The second-order valence-corrected chi connectivity index (χ2v) is 7.23. The van der Waals surface area contributed by atoms with Crippen LogP contribution in [-0.4, -0.2) is 36.8 Å². The molecule has 0 aromatic heterocycles. The maximum absolute atomic E-state index is 12.2. The predicted molar refractivity (Wildman–Crippen MR) is 77.5 cm³/mol. The first-order valence-corrected chi connectivity index (χ1v) is 8.25. The van der Waals surface area contributed by atoms with Gasteiger partial charge in [0, 0.05) is 25.6 Å². The number of nitrogens with two attached hydrogens (primary N) is 1. The lowest BCUT2D eigenvalue weighted by molar-refractivity contribution is 0.276. The highest BCUT2D eigenvalue weighted by atomic mass is 32.2. The van der Waals surface area contributed by atoms with E-state index in [4.69, 9.17) is 18.0 Å². The van der Waals surface area contributed by atoms with Gasteiger partial charge in [-0.3, -0.25) is 0 Å².